The van der Waals surface area contributed by atoms with E-state index in [4.69, 9.17) is 4.74 Å². The zero-order valence-corrected chi connectivity index (χ0v) is 11.0. The molecule has 4 heteroatoms. The first-order valence-corrected chi connectivity index (χ1v) is 6.50. The largest absolute Gasteiger partial charge is 0.378 e. The molecule has 0 spiro atoms. The highest BCUT2D eigenvalue weighted by Crippen LogP contribution is 2.36. The first-order valence-electron chi connectivity index (χ1n) is 6.50. The van der Waals surface area contributed by atoms with E-state index in [2.05, 4.69) is 23.5 Å². The van der Waals surface area contributed by atoms with Crippen LogP contribution in [0.4, 0.5) is 0 Å². The molecule has 1 heterocycles. The number of nitrogens with zero attached hydrogens (tertiary/aromatic N) is 2. The number of nitrogens with one attached hydrogen (secondary N) is 1. The van der Waals surface area contributed by atoms with Gasteiger partial charge in [-0.25, -0.2) is 0 Å². The van der Waals surface area contributed by atoms with Crippen LogP contribution >= 0.6 is 0 Å². The summed E-state index contributed by atoms with van der Waals surface area (Å²) in [5, 5.41) is 7.62. The Labute approximate surface area is 103 Å². The van der Waals surface area contributed by atoms with Crippen molar-refractivity contribution in [3.63, 3.8) is 0 Å². The standard InChI is InChI=1S/C13H23N3O/c1-4-17-12-5-10(6-12)7-13(14-2)11-8-15-16(3)9-11/h8-10,12-14H,4-7H2,1-3H3. The number of ether oxygens (including phenoxy) is 1. The van der Waals surface area contributed by atoms with E-state index in [1.165, 1.54) is 24.8 Å². The summed E-state index contributed by atoms with van der Waals surface area (Å²) in [7, 11) is 3.99. The van der Waals surface area contributed by atoms with Crippen molar-refractivity contribution in [2.24, 2.45) is 13.0 Å². The van der Waals surface area contributed by atoms with Crippen LogP contribution in [0.25, 0.3) is 0 Å². The van der Waals surface area contributed by atoms with Crippen molar-refractivity contribution in [1.29, 1.82) is 0 Å². The second kappa shape index (κ2) is 5.65. The maximum atomic E-state index is 5.60. The van der Waals surface area contributed by atoms with Gasteiger partial charge in [0, 0.05) is 31.5 Å². The second-order valence-corrected chi connectivity index (χ2v) is 4.94. The van der Waals surface area contributed by atoms with Gasteiger partial charge in [-0.3, -0.25) is 4.68 Å². The molecule has 1 saturated carbocycles. The first kappa shape index (κ1) is 12.6. The van der Waals surface area contributed by atoms with Crippen LogP contribution in [0.1, 0.15) is 37.8 Å². The predicted octanol–water partition coefficient (Wildman–Crippen LogP) is 1.89. The maximum Gasteiger partial charge on any atom is 0.0580 e. The molecule has 0 aliphatic heterocycles. The Balaban J connectivity index is 1.81. The van der Waals surface area contributed by atoms with Crippen LogP contribution in [-0.4, -0.2) is 29.5 Å². The fourth-order valence-corrected chi connectivity index (χ4v) is 2.61. The highest BCUT2D eigenvalue weighted by atomic mass is 16.5. The van der Waals surface area contributed by atoms with E-state index in [0.717, 1.165) is 12.5 Å². The number of hydrogen-bond donors (Lipinski definition) is 1. The molecule has 1 atom stereocenters. The van der Waals surface area contributed by atoms with E-state index in [9.17, 15) is 0 Å². The highest BCUT2D eigenvalue weighted by Gasteiger charge is 2.31. The summed E-state index contributed by atoms with van der Waals surface area (Å²) in [6.07, 6.45) is 8.18. The lowest BCUT2D eigenvalue weighted by atomic mass is 9.77. The quantitative estimate of drug-likeness (QED) is 0.821. The molecule has 96 valence electrons. The van der Waals surface area contributed by atoms with Crippen LogP contribution < -0.4 is 5.32 Å². The van der Waals surface area contributed by atoms with Gasteiger partial charge >= 0.3 is 0 Å². The van der Waals surface area contributed by atoms with E-state index in [-0.39, 0.29) is 0 Å². The molecule has 1 aliphatic rings. The Bertz CT molecular complexity index is 344. The van der Waals surface area contributed by atoms with Crippen LogP contribution in [0.2, 0.25) is 0 Å². The molecule has 0 saturated heterocycles. The Kier molecular flexibility index (Phi) is 4.18. The van der Waals surface area contributed by atoms with Crippen molar-refractivity contribution in [3.05, 3.63) is 18.0 Å². The molecule has 1 aromatic rings. The van der Waals surface area contributed by atoms with Gasteiger partial charge in [-0.1, -0.05) is 0 Å². The van der Waals surface area contributed by atoms with Gasteiger partial charge in [0.1, 0.15) is 0 Å². The van der Waals surface area contributed by atoms with Gasteiger partial charge in [0.05, 0.1) is 12.3 Å². The summed E-state index contributed by atoms with van der Waals surface area (Å²) in [5.74, 6) is 0.796. The number of rotatable bonds is 6. The molecule has 0 aromatic carbocycles. The molecule has 0 amide bonds. The predicted molar refractivity (Wildman–Crippen MR) is 67.8 cm³/mol. The molecular formula is C13H23N3O. The molecule has 17 heavy (non-hydrogen) atoms. The van der Waals surface area contributed by atoms with Gasteiger partial charge in [0.15, 0.2) is 0 Å². The van der Waals surface area contributed by atoms with Crippen molar-refractivity contribution in [2.45, 2.75) is 38.3 Å². The van der Waals surface area contributed by atoms with E-state index in [1.54, 1.807) is 0 Å². The first-order chi connectivity index (χ1) is 8.22. The monoisotopic (exact) mass is 237 g/mol. The minimum atomic E-state index is 0.427. The van der Waals surface area contributed by atoms with Crippen molar-refractivity contribution >= 4 is 0 Å². The minimum Gasteiger partial charge on any atom is -0.378 e. The van der Waals surface area contributed by atoms with Gasteiger partial charge in [0.2, 0.25) is 0 Å². The van der Waals surface area contributed by atoms with Crippen molar-refractivity contribution in [3.8, 4) is 0 Å². The van der Waals surface area contributed by atoms with Crippen LogP contribution in [0.3, 0.4) is 0 Å². The summed E-state index contributed by atoms with van der Waals surface area (Å²) in [6.45, 7) is 2.91. The third-order valence-electron chi connectivity index (χ3n) is 3.64. The fourth-order valence-electron chi connectivity index (χ4n) is 2.61. The van der Waals surface area contributed by atoms with E-state index in [0.29, 0.717) is 12.1 Å². The summed E-state index contributed by atoms with van der Waals surface area (Å²) < 4.78 is 7.46. The summed E-state index contributed by atoms with van der Waals surface area (Å²) in [5.41, 5.74) is 1.29. The van der Waals surface area contributed by atoms with Gasteiger partial charge < -0.3 is 10.1 Å². The molecule has 0 bridgehead atoms. The summed E-state index contributed by atoms with van der Waals surface area (Å²) in [6, 6.07) is 0.427. The average molecular weight is 237 g/mol. The molecule has 2 rings (SSSR count). The van der Waals surface area contributed by atoms with Crippen molar-refractivity contribution < 1.29 is 4.74 Å². The Morgan fingerprint density at radius 2 is 2.35 bits per heavy atom. The Hall–Kier alpha value is -0.870. The molecular weight excluding hydrogens is 214 g/mol. The second-order valence-electron chi connectivity index (χ2n) is 4.94. The average Bonchev–Trinajstić information content (AvgIpc) is 2.68. The zero-order chi connectivity index (χ0) is 12.3. The van der Waals surface area contributed by atoms with Gasteiger partial charge in [-0.05, 0) is 39.2 Å². The lowest BCUT2D eigenvalue weighted by Crippen LogP contribution is -2.34. The fraction of sp³-hybridized carbons (Fsp3) is 0.769. The van der Waals surface area contributed by atoms with E-state index < -0.39 is 0 Å². The molecule has 1 N–H and O–H groups in total. The number of aryl methyl sites for hydroxylation is 1. The normalized spacial score (nSPS) is 25.6. The van der Waals surface area contributed by atoms with Gasteiger partial charge in [0.25, 0.3) is 0 Å². The number of hydrogen-bond acceptors (Lipinski definition) is 3. The molecule has 4 nitrogen and oxygen atoms in total. The topological polar surface area (TPSA) is 39.1 Å². The third kappa shape index (κ3) is 3.07. The Morgan fingerprint density at radius 1 is 1.59 bits per heavy atom. The molecule has 1 aromatic heterocycles. The summed E-state index contributed by atoms with van der Waals surface area (Å²) in [4.78, 5) is 0. The Morgan fingerprint density at radius 3 is 2.88 bits per heavy atom. The van der Waals surface area contributed by atoms with Crippen molar-refractivity contribution in [2.75, 3.05) is 13.7 Å². The SMILES string of the molecule is CCOC1CC(CC(NC)c2cnn(C)c2)C1. The van der Waals surface area contributed by atoms with E-state index in [1.807, 2.05) is 25.0 Å². The van der Waals surface area contributed by atoms with Crippen molar-refractivity contribution in [1.82, 2.24) is 15.1 Å². The van der Waals surface area contributed by atoms with Gasteiger partial charge in [-0.2, -0.15) is 5.10 Å². The number of aromatic nitrogens is 2. The maximum absolute atomic E-state index is 5.60. The van der Waals surface area contributed by atoms with Crippen LogP contribution in [-0.2, 0) is 11.8 Å². The minimum absolute atomic E-state index is 0.427. The van der Waals surface area contributed by atoms with Crippen LogP contribution in [0.15, 0.2) is 12.4 Å². The van der Waals surface area contributed by atoms with E-state index >= 15 is 0 Å². The lowest BCUT2D eigenvalue weighted by Gasteiger charge is -2.36. The molecule has 1 fully saturated rings. The smallest absolute Gasteiger partial charge is 0.0580 e. The zero-order valence-electron chi connectivity index (χ0n) is 11.0. The lowest BCUT2D eigenvalue weighted by molar-refractivity contribution is -0.0289. The van der Waals surface area contributed by atoms with Gasteiger partial charge in [-0.15, -0.1) is 0 Å². The molecule has 0 radical (unpaired) electrons. The van der Waals surface area contributed by atoms with Crippen LogP contribution in [0, 0.1) is 5.92 Å². The summed E-state index contributed by atoms with van der Waals surface area (Å²) >= 11 is 0. The molecule has 1 aliphatic carbocycles. The van der Waals surface area contributed by atoms with Crippen LogP contribution in [0.5, 0.6) is 0 Å². The highest BCUT2D eigenvalue weighted by molar-refractivity contribution is 5.10. The molecule has 1 unspecified atom stereocenters. The third-order valence-corrected chi connectivity index (χ3v) is 3.64.